The molecule has 0 aliphatic heterocycles. The molecule has 2 amide bonds. The Kier molecular flexibility index (Phi) is 6.32. The van der Waals surface area contributed by atoms with Crippen LogP contribution in [0.25, 0.3) is 11.1 Å². The van der Waals surface area contributed by atoms with Crippen LogP contribution in [0.4, 0.5) is 5.69 Å². The predicted molar refractivity (Wildman–Crippen MR) is 115 cm³/mol. The molecule has 1 atom stereocenters. The van der Waals surface area contributed by atoms with Gasteiger partial charge in [0.2, 0.25) is 0 Å². The fourth-order valence-electron chi connectivity index (χ4n) is 2.83. The van der Waals surface area contributed by atoms with Crippen LogP contribution in [-0.2, 0) is 15.2 Å². The van der Waals surface area contributed by atoms with E-state index in [2.05, 4.69) is 10.6 Å². The number of carbonyl (C=O) groups is 2. The number of para-hydroxylation sites is 1. The highest BCUT2D eigenvalue weighted by molar-refractivity contribution is 6.41. The van der Waals surface area contributed by atoms with Crippen molar-refractivity contribution in [3.05, 3.63) is 89.4 Å². The van der Waals surface area contributed by atoms with Crippen molar-refractivity contribution in [3.63, 3.8) is 0 Å². The molecule has 0 fully saturated rings. The van der Waals surface area contributed by atoms with Gasteiger partial charge in [-0.2, -0.15) is 0 Å². The summed E-state index contributed by atoms with van der Waals surface area (Å²) < 4.78 is 0. The Balaban J connectivity index is 1.61. The van der Waals surface area contributed by atoms with Crippen LogP contribution in [0.2, 0.25) is 5.02 Å². The van der Waals surface area contributed by atoms with Crippen LogP contribution < -0.4 is 10.6 Å². The van der Waals surface area contributed by atoms with E-state index in [4.69, 9.17) is 11.6 Å². The molecule has 0 aliphatic carbocycles. The Bertz CT molecular complexity index is 1000. The average molecular weight is 409 g/mol. The first-order valence-corrected chi connectivity index (χ1v) is 9.47. The van der Waals surface area contributed by atoms with E-state index in [1.54, 1.807) is 43.3 Å². The second-order valence-electron chi connectivity index (χ2n) is 6.83. The number of nitrogens with one attached hydrogen (secondary N) is 2. The second-order valence-corrected chi connectivity index (χ2v) is 7.24. The van der Waals surface area contributed by atoms with E-state index in [0.717, 1.165) is 11.1 Å². The van der Waals surface area contributed by atoms with Crippen molar-refractivity contribution in [2.24, 2.45) is 0 Å². The summed E-state index contributed by atoms with van der Waals surface area (Å²) in [5, 5.41) is 16.0. The van der Waals surface area contributed by atoms with Gasteiger partial charge in [0, 0.05) is 0 Å². The predicted octanol–water partition coefficient (Wildman–Crippen LogP) is 3.97. The maximum absolute atomic E-state index is 12.1. The zero-order valence-electron chi connectivity index (χ0n) is 15.9. The molecule has 0 heterocycles. The lowest BCUT2D eigenvalue weighted by atomic mass is 9.93. The van der Waals surface area contributed by atoms with Gasteiger partial charge in [-0.1, -0.05) is 78.3 Å². The maximum atomic E-state index is 12.1. The highest BCUT2D eigenvalue weighted by Gasteiger charge is 2.25. The zero-order chi connectivity index (χ0) is 20.9. The van der Waals surface area contributed by atoms with Gasteiger partial charge < -0.3 is 15.7 Å². The van der Waals surface area contributed by atoms with Crippen LogP contribution in [0.15, 0.2) is 78.9 Å². The largest absolute Gasteiger partial charge is 0.384 e. The van der Waals surface area contributed by atoms with Crippen LogP contribution in [0.5, 0.6) is 0 Å². The molecule has 3 aromatic rings. The fraction of sp³-hybridized carbons (Fsp3) is 0.130. The van der Waals surface area contributed by atoms with Crippen LogP contribution in [0, 0.1) is 0 Å². The second kappa shape index (κ2) is 8.90. The molecule has 0 bridgehead atoms. The molecule has 0 saturated carbocycles. The minimum absolute atomic E-state index is 0.119. The van der Waals surface area contributed by atoms with Crippen LogP contribution in [0.3, 0.4) is 0 Å². The number of carbonyl (C=O) groups excluding carboxylic acids is 2. The summed E-state index contributed by atoms with van der Waals surface area (Å²) in [6.07, 6.45) is 0. The van der Waals surface area contributed by atoms with Gasteiger partial charge in [-0.3, -0.25) is 9.59 Å². The number of hydrogen-bond acceptors (Lipinski definition) is 3. The smallest absolute Gasteiger partial charge is 0.313 e. The molecule has 0 saturated heterocycles. The highest BCUT2D eigenvalue weighted by Crippen LogP contribution is 2.25. The number of anilines is 1. The molecule has 0 spiro atoms. The lowest BCUT2D eigenvalue weighted by Gasteiger charge is -2.24. The van der Waals surface area contributed by atoms with Gasteiger partial charge in [-0.05, 0) is 35.7 Å². The topological polar surface area (TPSA) is 78.4 Å². The zero-order valence-corrected chi connectivity index (χ0v) is 16.6. The molecular weight excluding hydrogens is 388 g/mol. The lowest BCUT2D eigenvalue weighted by molar-refractivity contribution is -0.136. The number of hydrogen-bond donors (Lipinski definition) is 3. The summed E-state index contributed by atoms with van der Waals surface area (Å²) in [6.45, 7) is 1.46. The van der Waals surface area contributed by atoms with Gasteiger partial charge in [0.05, 0.1) is 17.3 Å². The Morgan fingerprint density at radius 3 is 2.10 bits per heavy atom. The molecule has 3 rings (SSSR count). The normalized spacial score (nSPS) is 12.7. The van der Waals surface area contributed by atoms with E-state index in [9.17, 15) is 14.7 Å². The summed E-state index contributed by atoms with van der Waals surface area (Å²) in [4.78, 5) is 24.2. The van der Waals surface area contributed by atoms with Crippen LogP contribution in [0.1, 0.15) is 12.5 Å². The van der Waals surface area contributed by atoms with E-state index >= 15 is 0 Å². The first kappa shape index (κ1) is 20.6. The summed E-state index contributed by atoms with van der Waals surface area (Å²) in [7, 11) is 0. The highest BCUT2D eigenvalue weighted by atomic mass is 35.5. The molecule has 0 unspecified atom stereocenters. The Labute approximate surface area is 174 Å². The van der Waals surface area contributed by atoms with Gasteiger partial charge in [-0.15, -0.1) is 0 Å². The average Bonchev–Trinajstić information content (AvgIpc) is 2.74. The van der Waals surface area contributed by atoms with Gasteiger partial charge in [0.1, 0.15) is 5.60 Å². The third-order valence-electron chi connectivity index (χ3n) is 4.54. The van der Waals surface area contributed by atoms with Gasteiger partial charge in [0.25, 0.3) is 0 Å². The van der Waals surface area contributed by atoms with Crippen molar-refractivity contribution in [1.82, 2.24) is 5.32 Å². The van der Waals surface area contributed by atoms with E-state index in [1.807, 2.05) is 42.5 Å². The van der Waals surface area contributed by atoms with Crippen LogP contribution in [-0.4, -0.2) is 23.5 Å². The van der Waals surface area contributed by atoms with Gasteiger partial charge in [0.15, 0.2) is 0 Å². The first-order chi connectivity index (χ1) is 13.9. The molecule has 5 nitrogen and oxygen atoms in total. The third kappa shape index (κ3) is 5.22. The summed E-state index contributed by atoms with van der Waals surface area (Å²) in [6, 6.07) is 23.9. The van der Waals surface area contributed by atoms with Crippen molar-refractivity contribution in [3.8, 4) is 11.1 Å². The summed E-state index contributed by atoms with van der Waals surface area (Å²) in [5.41, 5.74) is 1.73. The molecular formula is C23H21ClN2O3. The molecule has 3 aromatic carbocycles. The minimum atomic E-state index is -1.34. The summed E-state index contributed by atoms with van der Waals surface area (Å²) in [5.74, 6) is -1.71. The van der Waals surface area contributed by atoms with E-state index in [0.29, 0.717) is 16.3 Å². The van der Waals surface area contributed by atoms with E-state index in [-0.39, 0.29) is 6.54 Å². The Hall–Kier alpha value is -3.15. The van der Waals surface area contributed by atoms with Gasteiger partial charge in [-0.25, -0.2) is 0 Å². The Morgan fingerprint density at radius 1 is 0.862 bits per heavy atom. The molecule has 0 aromatic heterocycles. The number of amides is 2. The number of benzene rings is 3. The quantitative estimate of drug-likeness (QED) is 0.559. The maximum Gasteiger partial charge on any atom is 0.313 e. The van der Waals surface area contributed by atoms with Crippen molar-refractivity contribution < 1.29 is 14.7 Å². The number of aliphatic hydroxyl groups is 1. The molecule has 3 N–H and O–H groups in total. The van der Waals surface area contributed by atoms with E-state index < -0.39 is 17.4 Å². The molecule has 29 heavy (non-hydrogen) atoms. The first-order valence-electron chi connectivity index (χ1n) is 9.09. The third-order valence-corrected chi connectivity index (χ3v) is 4.86. The van der Waals surface area contributed by atoms with Gasteiger partial charge >= 0.3 is 11.8 Å². The molecule has 0 aliphatic rings. The Morgan fingerprint density at radius 2 is 1.45 bits per heavy atom. The minimum Gasteiger partial charge on any atom is -0.384 e. The molecule has 0 radical (unpaired) electrons. The standard InChI is InChI=1S/C23H21ClN2O3/c1-23(29,18-13-11-17(12-14-18)16-7-3-2-4-8-16)15-25-21(27)22(28)26-20-10-6-5-9-19(20)24/h2-14,29H,15H2,1H3,(H,25,27)(H,26,28)/t23-/m1/s1. The van der Waals surface area contributed by atoms with E-state index in [1.165, 1.54) is 0 Å². The number of halogens is 1. The molecule has 6 heteroatoms. The number of rotatable bonds is 5. The van der Waals surface area contributed by atoms with Crippen molar-refractivity contribution >= 4 is 29.1 Å². The van der Waals surface area contributed by atoms with Crippen molar-refractivity contribution in [1.29, 1.82) is 0 Å². The lowest BCUT2D eigenvalue weighted by Crippen LogP contribution is -2.43. The van der Waals surface area contributed by atoms with Crippen molar-refractivity contribution in [2.75, 3.05) is 11.9 Å². The van der Waals surface area contributed by atoms with Crippen molar-refractivity contribution in [2.45, 2.75) is 12.5 Å². The monoisotopic (exact) mass is 408 g/mol. The van der Waals surface area contributed by atoms with Crippen LogP contribution >= 0.6 is 11.6 Å². The fourth-order valence-corrected chi connectivity index (χ4v) is 3.01. The molecule has 148 valence electrons. The summed E-state index contributed by atoms with van der Waals surface area (Å²) >= 11 is 5.97. The SMILES string of the molecule is C[C@@](O)(CNC(=O)C(=O)Nc1ccccc1Cl)c1ccc(-c2ccccc2)cc1.